The van der Waals surface area contributed by atoms with Crippen LogP contribution in [0.5, 0.6) is 5.75 Å². The van der Waals surface area contributed by atoms with E-state index in [0.29, 0.717) is 12.0 Å². The Bertz CT molecular complexity index is 885. The highest BCUT2D eigenvalue weighted by atomic mass is 16.4. The minimum absolute atomic E-state index is 0.0402. The van der Waals surface area contributed by atoms with E-state index in [2.05, 4.69) is 16.0 Å². The molecule has 0 aromatic heterocycles. The number of carboxylic acid groups (broad SMARTS) is 1. The predicted molar refractivity (Wildman–Crippen MR) is 137 cm³/mol. The van der Waals surface area contributed by atoms with Crippen molar-refractivity contribution in [3.05, 3.63) is 29.8 Å². The van der Waals surface area contributed by atoms with E-state index in [4.69, 9.17) is 5.73 Å². The zero-order chi connectivity index (χ0) is 27.6. The molecule has 10 heteroatoms. The first-order valence-corrected chi connectivity index (χ1v) is 12.4. The quantitative estimate of drug-likeness (QED) is 0.222. The van der Waals surface area contributed by atoms with Crippen molar-refractivity contribution in [3.63, 3.8) is 0 Å². The summed E-state index contributed by atoms with van der Waals surface area (Å²) in [5, 5.41) is 26.9. The van der Waals surface area contributed by atoms with E-state index in [1.54, 1.807) is 26.0 Å². The van der Waals surface area contributed by atoms with Crippen molar-refractivity contribution >= 4 is 23.7 Å². The van der Waals surface area contributed by atoms with Gasteiger partial charge in [0, 0.05) is 6.42 Å². The number of hydrogen-bond acceptors (Lipinski definition) is 6. The van der Waals surface area contributed by atoms with Gasteiger partial charge in [-0.25, -0.2) is 4.79 Å². The van der Waals surface area contributed by atoms with Crippen LogP contribution in [-0.4, -0.2) is 58.1 Å². The van der Waals surface area contributed by atoms with Gasteiger partial charge in [-0.15, -0.1) is 0 Å². The van der Waals surface area contributed by atoms with Crippen LogP contribution in [0.25, 0.3) is 0 Å². The number of benzene rings is 1. The van der Waals surface area contributed by atoms with Gasteiger partial charge >= 0.3 is 5.97 Å². The monoisotopic (exact) mass is 506 g/mol. The second kappa shape index (κ2) is 14.4. The first kappa shape index (κ1) is 30.9. The molecule has 7 N–H and O–H groups in total. The highest BCUT2D eigenvalue weighted by Gasteiger charge is 2.32. The normalized spacial score (nSPS) is 14.7. The molecule has 0 fully saturated rings. The van der Waals surface area contributed by atoms with Gasteiger partial charge in [-0.05, 0) is 48.3 Å². The lowest BCUT2D eigenvalue weighted by atomic mass is 9.98. The molecule has 0 heterocycles. The summed E-state index contributed by atoms with van der Waals surface area (Å²) in [4.78, 5) is 50.6. The smallest absolute Gasteiger partial charge is 0.326 e. The number of phenols is 1. The number of nitrogens with two attached hydrogens (primary N) is 1. The number of amides is 3. The van der Waals surface area contributed by atoms with E-state index in [0.717, 1.165) is 0 Å². The molecule has 0 saturated heterocycles. The first-order chi connectivity index (χ1) is 16.7. The van der Waals surface area contributed by atoms with Crippen molar-refractivity contribution in [1.29, 1.82) is 0 Å². The van der Waals surface area contributed by atoms with Crippen LogP contribution in [0.4, 0.5) is 0 Å². The van der Waals surface area contributed by atoms with E-state index in [9.17, 15) is 29.4 Å². The summed E-state index contributed by atoms with van der Waals surface area (Å²) in [5.74, 6) is -2.92. The predicted octanol–water partition coefficient (Wildman–Crippen LogP) is 1.55. The third-order valence-corrected chi connectivity index (χ3v) is 5.64. The number of hydrogen-bond donors (Lipinski definition) is 6. The molecule has 202 valence electrons. The largest absolute Gasteiger partial charge is 0.508 e. The number of carboxylic acids is 1. The average Bonchev–Trinajstić information content (AvgIpc) is 2.76. The van der Waals surface area contributed by atoms with Gasteiger partial charge in [0.25, 0.3) is 0 Å². The molecule has 3 amide bonds. The van der Waals surface area contributed by atoms with Gasteiger partial charge in [0.05, 0.1) is 6.04 Å². The number of phenolic OH excluding ortho intramolecular Hbond substituents is 1. The van der Waals surface area contributed by atoms with E-state index in [-0.39, 0.29) is 36.3 Å². The number of carbonyl (C=O) groups is 4. The minimum Gasteiger partial charge on any atom is -0.508 e. The first-order valence-electron chi connectivity index (χ1n) is 12.4. The van der Waals surface area contributed by atoms with Gasteiger partial charge < -0.3 is 31.9 Å². The summed E-state index contributed by atoms with van der Waals surface area (Å²) in [6.07, 6.45) is 0.778. The van der Waals surface area contributed by atoms with Gasteiger partial charge in [0.2, 0.25) is 17.7 Å². The molecule has 0 aliphatic rings. The molecule has 10 nitrogen and oxygen atoms in total. The van der Waals surface area contributed by atoms with Crippen LogP contribution >= 0.6 is 0 Å². The maximum Gasteiger partial charge on any atom is 0.326 e. The van der Waals surface area contributed by atoms with Crippen LogP contribution in [-0.2, 0) is 25.6 Å². The Morgan fingerprint density at radius 1 is 0.778 bits per heavy atom. The Morgan fingerprint density at radius 3 is 1.78 bits per heavy atom. The van der Waals surface area contributed by atoms with Crippen molar-refractivity contribution in [2.75, 3.05) is 0 Å². The molecule has 4 unspecified atom stereocenters. The molecule has 1 aromatic carbocycles. The van der Waals surface area contributed by atoms with E-state index < -0.39 is 47.9 Å². The fourth-order valence-corrected chi connectivity index (χ4v) is 3.71. The topological polar surface area (TPSA) is 171 Å². The van der Waals surface area contributed by atoms with E-state index >= 15 is 0 Å². The Kier molecular flexibility index (Phi) is 12.4. The Morgan fingerprint density at radius 2 is 1.31 bits per heavy atom. The number of rotatable bonds is 14. The summed E-state index contributed by atoms with van der Waals surface area (Å²) in [5.41, 5.74) is 6.68. The van der Waals surface area contributed by atoms with Crippen molar-refractivity contribution in [2.24, 2.45) is 23.5 Å². The van der Waals surface area contributed by atoms with Gasteiger partial charge in [-0.1, -0.05) is 53.7 Å². The van der Waals surface area contributed by atoms with Crippen molar-refractivity contribution in [3.8, 4) is 5.75 Å². The lowest BCUT2D eigenvalue weighted by Gasteiger charge is -2.27. The molecule has 36 heavy (non-hydrogen) atoms. The molecular formula is C26H42N4O6. The second-order valence-corrected chi connectivity index (χ2v) is 10.4. The van der Waals surface area contributed by atoms with Gasteiger partial charge in [0.15, 0.2) is 0 Å². The Balaban J connectivity index is 3.10. The standard InChI is InChI=1S/C26H42N4O6/c1-14(2)11-19(27)23(32)28-20(13-17-7-9-18(31)10-8-17)24(33)30-22(16(5)6)25(34)29-21(26(35)36)12-15(3)4/h7-10,14-16,19-22,31H,11-13,27H2,1-6H3,(H,28,32)(H,29,34)(H,30,33)(H,35,36). The van der Waals surface area contributed by atoms with Crippen molar-refractivity contribution in [2.45, 2.75) is 85.0 Å². The average molecular weight is 507 g/mol. The number of aromatic hydroxyl groups is 1. The SMILES string of the molecule is CC(C)CC(N)C(=O)NC(Cc1ccc(O)cc1)C(=O)NC(C(=O)NC(CC(C)C)C(=O)O)C(C)C. The van der Waals surface area contributed by atoms with Gasteiger partial charge in [-0.3, -0.25) is 14.4 Å². The molecule has 0 radical (unpaired) electrons. The third-order valence-electron chi connectivity index (χ3n) is 5.64. The lowest BCUT2D eigenvalue weighted by molar-refractivity contribution is -0.143. The fourth-order valence-electron chi connectivity index (χ4n) is 3.71. The number of nitrogens with one attached hydrogen (secondary N) is 3. The summed E-state index contributed by atoms with van der Waals surface area (Å²) in [6.45, 7) is 11.0. The molecular weight excluding hydrogens is 464 g/mol. The van der Waals surface area contributed by atoms with E-state index in [1.165, 1.54) is 12.1 Å². The molecule has 0 spiro atoms. The third kappa shape index (κ3) is 10.6. The van der Waals surface area contributed by atoms with Crippen LogP contribution in [0.1, 0.15) is 59.9 Å². The fraction of sp³-hybridized carbons (Fsp3) is 0.615. The van der Waals surface area contributed by atoms with Crippen LogP contribution in [0.15, 0.2) is 24.3 Å². The summed E-state index contributed by atoms with van der Waals surface area (Å²) >= 11 is 0. The van der Waals surface area contributed by atoms with Crippen molar-refractivity contribution < 1.29 is 29.4 Å². The van der Waals surface area contributed by atoms with Gasteiger partial charge in [0.1, 0.15) is 23.9 Å². The minimum atomic E-state index is -1.15. The maximum absolute atomic E-state index is 13.3. The molecule has 0 aliphatic heterocycles. The lowest BCUT2D eigenvalue weighted by Crippen LogP contribution is -2.59. The molecule has 1 aromatic rings. The summed E-state index contributed by atoms with van der Waals surface area (Å²) < 4.78 is 0. The zero-order valence-corrected chi connectivity index (χ0v) is 22.1. The number of aliphatic carboxylic acids is 1. The van der Waals surface area contributed by atoms with Crippen LogP contribution in [0, 0.1) is 17.8 Å². The molecule has 4 atom stereocenters. The highest BCUT2D eigenvalue weighted by Crippen LogP contribution is 2.13. The zero-order valence-electron chi connectivity index (χ0n) is 22.1. The highest BCUT2D eigenvalue weighted by molar-refractivity contribution is 5.94. The van der Waals surface area contributed by atoms with Crippen LogP contribution in [0.3, 0.4) is 0 Å². The number of carbonyl (C=O) groups excluding carboxylic acids is 3. The Labute approximate surface area is 213 Å². The summed E-state index contributed by atoms with van der Waals surface area (Å²) in [7, 11) is 0. The molecule has 0 saturated carbocycles. The van der Waals surface area contributed by atoms with Crippen LogP contribution < -0.4 is 21.7 Å². The Hall–Kier alpha value is -3.14. The summed E-state index contributed by atoms with van der Waals surface area (Å²) in [6, 6.07) is 2.25. The molecule has 0 bridgehead atoms. The molecule has 0 aliphatic carbocycles. The van der Waals surface area contributed by atoms with E-state index in [1.807, 2.05) is 27.7 Å². The molecule has 1 rings (SSSR count). The van der Waals surface area contributed by atoms with Crippen LogP contribution in [0.2, 0.25) is 0 Å². The van der Waals surface area contributed by atoms with Crippen molar-refractivity contribution in [1.82, 2.24) is 16.0 Å². The maximum atomic E-state index is 13.3. The second-order valence-electron chi connectivity index (χ2n) is 10.4. The van der Waals surface area contributed by atoms with Gasteiger partial charge in [-0.2, -0.15) is 0 Å².